The number of aliphatic hydroxyl groups is 1. The number of fused-ring (bicyclic) bond motifs is 1. The van der Waals surface area contributed by atoms with Crippen molar-refractivity contribution in [2.75, 3.05) is 33.9 Å². The molecule has 0 radical (unpaired) electrons. The molecule has 1 unspecified atom stereocenters. The molecule has 1 aliphatic rings. The number of amides is 1. The molecule has 4 rings (SSSR count). The van der Waals surface area contributed by atoms with E-state index in [1.807, 2.05) is 6.07 Å². The van der Waals surface area contributed by atoms with Crippen LogP contribution in [0.3, 0.4) is 0 Å². The lowest BCUT2D eigenvalue weighted by molar-refractivity contribution is -0.135. The molecule has 0 spiro atoms. The van der Waals surface area contributed by atoms with Gasteiger partial charge in [0.25, 0.3) is 5.56 Å². The number of benzene rings is 2. The number of aryl methyl sites for hydroxylation is 1. The van der Waals surface area contributed by atoms with E-state index in [2.05, 4.69) is 0 Å². The van der Waals surface area contributed by atoms with E-state index in [0.717, 1.165) is 5.56 Å². The van der Waals surface area contributed by atoms with E-state index < -0.39 is 23.8 Å². The summed E-state index contributed by atoms with van der Waals surface area (Å²) in [4.78, 5) is 52.9. The third-order valence-corrected chi connectivity index (χ3v) is 7.04. The van der Waals surface area contributed by atoms with Crippen LogP contribution < -0.4 is 20.7 Å². The zero-order chi connectivity index (χ0) is 27.4. The van der Waals surface area contributed by atoms with Gasteiger partial charge in [0.1, 0.15) is 12.4 Å². The Bertz CT molecular complexity index is 1470. The van der Waals surface area contributed by atoms with Gasteiger partial charge < -0.3 is 24.3 Å². The van der Waals surface area contributed by atoms with Gasteiger partial charge in [0.2, 0.25) is 5.91 Å². The van der Waals surface area contributed by atoms with E-state index in [-0.39, 0.29) is 24.9 Å². The molecule has 1 fully saturated rings. The first-order valence-electron chi connectivity index (χ1n) is 12.6. The number of ketones is 1. The Labute approximate surface area is 220 Å². The number of ether oxygens (including phenoxy) is 2. The molecule has 1 atom stereocenters. The molecule has 1 saturated heterocycles. The van der Waals surface area contributed by atoms with E-state index in [4.69, 9.17) is 9.47 Å². The number of methoxy groups -OCH3 is 2. The third-order valence-electron chi connectivity index (χ3n) is 7.04. The van der Waals surface area contributed by atoms with Crippen molar-refractivity contribution >= 4 is 22.6 Å². The van der Waals surface area contributed by atoms with Crippen LogP contribution in [-0.2, 0) is 22.6 Å². The zero-order valence-electron chi connectivity index (χ0n) is 21.9. The highest BCUT2D eigenvalue weighted by molar-refractivity contribution is 5.80. The van der Waals surface area contributed by atoms with Gasteiger partial charge in [-0.1, -0.05) is 12.1 Å². The van der Waals surface area contributed by atoms with Crippen LogP contribution in [-0.4, -0.2) is 64.7 Å². The lowest BCUT2D eigenvalue weighted by atomic mass is 10.0. The quantitative estimate of drug-likeness (QED) is 0.455. The molecule has 1 aromatic heterocycles. The second kappa shape index (κ2) is 11.6. The highest BCUT2D eigenvalue weighted by Crippen LogP contribution is 2.28. The summed E-state index contributed by atoms with van der Waals surface area (Å²) in [5, 5.41) is 9.74. The molecule has 1 N–H and O–H groups in total. The van der Waals surface area contributed by atoms with Crippen LogP contribution in [0.25, 0.3) is 10.9 Å². The van der Waals surface area contributed by atoms with Crippen molar-refractivity contribution in [3.05, 3.63) is 68.4 Å². The molecule has 0 aliphatic carbocycles. The molecule has 2 aromatic carbocycles. The summed E-state index contributed by atoms with van der Waals surface area (Å²) < 4.78 is 13.5. The fourth-order valence-corrected chi connectivity index (χ4v) is 5.05. The van der Waals surface area contributed by atoms with Crippen molar-refractivity contribution in [3.8, 4) is 11.5 Å². The Morgan fingerprint density at radius 2 is 1.76 bits per heavy atom. The summed E-state index contributed by atoms with van der Waals surface area (Å²) in [6.07, 6.45) is 2.15. The molecule has 38 heavy (non-hydrogen) atoms. The standard InChI is InChI=1S/C28H33N3O7/c1-18(33)6-7-19-8-10-23-22(13-19)27(35)30(15-20-9-11-24(37-2)25(14-20)38-3)28(36)31(23)21-5-4-12-29(16-21)26(34)17-32/h8-11,13-14,21,32H,4-7,12,15-17H2,1-3H3. The second-order valence-electron chi connectivity index (χ2n) is 9.58. The SMILES string of the molecule is COc1ccc(Cn2c(=O)c3cc(CCC(C)=O)ccc3n(C3CCCN(C(=O)CO)C3)c2=O)cc1OC. The van der Waals surface area contributed by atoms with Crippen molar-refractivity contribution in [3.63, 3.8) is 0 Å². The van der Waals surface area contributed by atoms with E-state index in [1.54, 1.807) is 39.8 Å². The number of aromatic nitrogens is 2. The minimum atomic E-state index is -0.597. The average Bonchev–Trinajstić information content (AvgIpc) is 2.93. The van der Waals surface area contributed by atoms with E-state index >= 15 is 0 Å². The summed E-state index contributed by atoms with van der Waals surface area (Å²) >= 11 is 0. The minimum Gasteiger partial charge on any atom is -0.493 e. The Balaban J connectivity index is 1.87. The predicted octanol–water partition coefficient (Wildman–Crippen LogP) is 1.91. The lowest BCUT2D eigenvalue weighted by Gasteiger charge is -2.34. The number of carbonyl (C=O) groups is 2. The highest BCUT2D eigenvalue weighted by Gasteiger charge is 2.28. The van der Waals surface area contributed by atoms with Gasteiger partial charge in [0.15, 0.2) is 11.5 Å². The Hall–Kier alpha value is -3.92. The molecule has 202 valence electrons. The molecular weight excluding hydrogens is 490 g/mol. The van der Waals surface area contributed by atoms with Crippen LogP contribution in [0.2, 0.25) is 0 Å². The maximum atomic E-state index is 13.9. The number of rotatable bonds is 9. The average molecular weight is 524 g/mol. The number of Topliss-reactive ketones (excluding diaryl/α,β-unsaturated/α-hetero) is 1. The number of nitrogens with zero attached hydrogens (tertiary/aromatic N) is 3. The molecule has 10 nitrogen and oxygen atoms in total. The van der Waals surface area contributed by atoms with Crippen molar-refractivity contribution in [1.29, 1.82) is 0 Å². The van der Waals surface area contributed by atoms with Crippen LogP contribution in [0.15, 0.2) is 46.0 Å². The number of likely N-dealkylation sites (tertiary alicyclic amines) is 1. The zero-order valence-corrected chi connectivity index (χ0v) is 21.9. The van der Waals surface area contributed by atoms with E-state index in [0.29, 0.717) is 60.2 Å². The number of piperidine rings is 1. The molecule has 3 aromatic rings. The largest absolute Gasteiger partial charge is 0.493 e. The predicted molar refractivity (Wildman–Crippen MR) is 142 cm³/mol. The van der Waals surface area contributed by atoms with Crippen molar-refractivity contribution < 1.29 is 24.2 Å². The number of aliphatic hydroxyl groups excluding tert-OH is 1. The lowest BCUT2D eigenvalue weighted by Crippen LogP contribution is -2.47. The molecule has 10 heteroatoms. The summed E-state index contributed by atoms with van der Waals surface area (Å²) in [7, 11) is 3.05. The molecule has 2 heterocycles. The summed E-state index contributed by atoms with van der Waals surface area (Å²) in [6, 6.07) is 10.2. The van der Waals surface area contributed by atoms with Gasteiger partial charge in [0, 0.05) is 19.5 Å². The first-order chi connectivity index (χ1) is 18.3. The summed E-state index contributed by atoms with van der Waals surface area (Å²) in [5.41, 5.74) is 1.09. The van der Waals surface area contributed by atoms with Gasteiger partial charge in [-0.25, -0.2) is 4.79 Å². The van der Waals surface area contributed by atoms with Crippen molar-refractivity contribution in [1.82, 2.24) is 14.0 Å². The van der Waals surface area contributed by atoms with Gasteiger partial charge in [0.05, 0.1) is 37.7 Å². The fourth-order valence-electron chi connectivity index (χ4n) is 5.05. The Kier molecular flexibility index (Phi) is 8.31. The fraction of sp³-hybridized carbons (Fsp3) is 0.429. The smallest absolute Gasteiger partial charge is 0.332 e. The van der Waals surface area contributed by atoms with E-state index in [9.17, 15) is 24.3 Å². The summed E-state index contributed by atoms with van der Waals surface area (Å²) in [6.45, 7) is 1.70. The minimum absolute atomic E-state index is 0.0115. The Morgan fingerprint density at radius 1 is 1.03 bits per heavy atom. The van der Waals surface area contributed by atoms with E-state index in [1.165, 1.54) is 25.7 Å². The van der Waals surface area contributed by atoms with Crippen molar-refractivity contribution in [2.24, 2.45) is 0 Å². The van der Waals surface area contributed by atoms with Gasteiger partial charge in [-0.15, -0.1) is 0 Å². The summed E-state index contributed by atoms with van der Waals surface area (Å²) in [5.74, 6) is 0.676. The number of hydrogen-bond acceptors (Lipinski definition) is 7. The van der Waals surface area contributed by atoms with Crippen LogP contribution in [0, 0.1) is 0 Å². The van der Waals surface area contributed by atoms with Gasteiger partial charge in [-0.2, -0.15) is 0 Å². The maximum absolute atomic E-state index is 13.9. The highest BCUT2D eigenvalue weighted by atomic mass is 16.5. The normalized spacial score (nSPS) is 15.5. The number of hydrogen-bond donors (Lipinski definition) is 1. The third kappa shape index (κ3) is 5.50. The van der Waals surface area contributed by atoms with Gasteiger partial charge in [-0.3, -0.25) is 18.7 Å². The first-order valence-corrected chi connectivity index (χ1v) is 12.6. The molecular formula is C28H33N3O7. The molecule has 0 saturated carbocycles. The van der Waals surface area contributed by atoms with Crippen LogP contribution >= 0.6 is 0 Å². The van der Waals surface area contributed by atoms with Gasteiger partial charge in [-0.05, 0) is 61.6 Å². The van der Waals surface area contributed by atoms with Crippen molar-refractivity contribution in [2.45, 2.75) is 45.2 Å². The molecule has 1 amide bonds. The molecule has 1 aliphatic heterocycles. The second-order valence-corrected chi connectivity index (χ2v) is 9.58. The topological polar surface area (TPSA) is 120 Å². The monoisotopic (exact) mass is 523 g/mol. The first kappa shape index (κ1) is 27.1. The van der Waals surface area contributed by atoms with Crippen LogP contribution in [0.1, 0.15) is 43.4 Å². The maximum Gasteiger partial charge on any atom is 0.332 e. The van der Waals surface area contributed by atoms with Crippen LogP contribution in [0.4, 0.5) is 0 Å². The Morgan fingerprint density at radius 3 is 2.45 bits per heavy atom. The molecule has 0 bridgehead atoms. The number of carbonyl (C=O) groups excluding carboxylic acids is 2. The van der Waals surface area contributed by atoms with Gasteiger partial charge >= 0.3 is 5.69 Å². The van der Waals surface area contributed by atoms with Crippen LogP contribution in [0.5, 0.6) is 11.5 Å².